The summed E-state index contributed by atoms with van der Waals surface area (Å²) in [5.41, 5.74) is 4.52. The number of anilines is 1. The fourth-order valence-corrected chi connectivity index (χ4v) is 5.99. The van der Waals surface area contributed by atoms with Crippen LogP contribution in [0.3, 0.4) is 0 Å². The molecule has 2 fully saturated rings. The summed E-state index contributed by atoms with van der Waals surface area (Å²) >= 11 is 0. The Balaban J connectivity index is 1.44. The quantitative estimate of drug-likeness (QED) is 0.546. The Labute approximate surface area is 211 Å². The maximum atomic E-state index is 14.2. The molecular formula is C27H34FN7O. The fourth-order valence-electron chi connectivity index (χ4n) is 5.99. The second-order valence-electron chi connectivity index (χ2n) is 10.6. The van der Waals surface area contributed by atoms with Gasteiger partial charge in [-0.3, -0.25) is 14.4 Å². The largest absolute Gasteiger partial charge is 0.364 e. The van der Waals surface area contributed by atoms with Gasteiger partial charge in [0.1, 0.15) is 17.9 Å². The molecular weight excluding hydrogens is 457 g/mol. The topological polar surface area (TPSA) is 73.3 Å². The van der Waals surface area contributed by atoms with Gasteiger partial charge in [-0.1, -0.05) is 6.07 Å². The van der Waals surface area contributed by atoms with Gasteiger partial charge in [0.2, 0.25) is 0 Å². The maximum Gasteiger partial charge on any atom is 0.252 e. The zero-order chi connectivity index (χ0) is 25.7. The molecule has 3 aromatic rings. The maximum absolute atomic E-state index is 14.2. The first-order valence-corrected chi connectivity index (χ1v) is 12.6. The number of likely N-dealkylation sites (tertiary alicyclic amines) is 1. The molecule has 9 heteroatoms. The van der Waals surface area contributed by atoms with Crippen molar-refractivity contribution in [3.05, 3.63) is 57.8 Å². The highest BCUT2D eigenvalue weighted by Crippen LogP contribution is 2.37. The van der Waals surface area contributed by atoms with E-state index in [-0.39, 0.29) is 36.0 Å². The van der Waals surface area contributed by atoms with Gasteiger partial charge in [0, 0.05) is 63.3 Å². The van der Waals surface area contributed by atoms with Crippen LogP contribution in [0.15, 0.2) is 35.3 Å². The lowest BCUT2D eigenvalue weighted by Crippen LogP contribution is -2.57. The zero-order valence-electron chi connectivity index (χ0n) is 21.6. The molecule has 190 valence electrons. The van der Waals surface area contributed by atoms with Gasteiger partial charge in [0.25, 0.3) is 5.56 Å². The van der Waals surface area contributed by atoms with Crippen LogP contribution in [0.5, 0.6) is 0 Å². The van der Waals surface area contributed by atoms with E-state index in [0.717, 1.165) is 48.5 Å². The van der Waals surface area contributed by atoms with Crippen LogP contribution < -0.4 is 10.5 Å². The van der Waals surface area contributed by atoms with Gasteiger partial charge in [-0.05, 0) is 51.1 Å². The molecule has 36 heavy (non-hydrogen) atoms. The Hall–Kier alpha value is -3.22. The number of nitrogens with zero attached hydrogens (tertiary/aromatic N) is 7. The Morgan fingerprint density at radius 3 is 2.58 bits per heavy atom. The van der Waals surface area contributed by atoms with Crippen molar-refractivity contribution in [2.24, 2.45) is 7.05 Å². The van der Waals surface area contributed by atoms with Crippen molar-refractivity contribution in [2.75, 3.05) is 38.1 Å². The van der Waals surface area contributed by atoms with Crippen molar-refractivity contribution < 1.29 is 4.39 Å². The minimum atomic E-state index is -0.174. The normalized spacial score (nSPS) is 22.5. The van der Waals surface area contributed by atoms with E-state index in [1.54, 1.807) is 40.7 Å². The summed E-state index contributed by atoms with van der Waals surface area (Å²) in [7, 11) is 3.83. The van der Waals surface area contributed by atoms with Crippen LogP contribution >= 0.6 is 0 Å². The average Bonchev–Trinajstić information content (AvgIpc) is 3.24. The van der Waals surface area contributed by atoms with Crippen LogP contribution in [0.4, 0.5) is 10.1 Å². The van der Waals surface area contributed by atoms with E-state index < -0.39 is 0 Å². The van der Waals surface area contributed by atoms with E-state index in [0.29, 0.717) is 5.92 Å². The van der Waals surface area contributed by atoms with E-state index in [4.69, 9.17) is 5.26 Å². The van der Waals surface area contributed by atoms with Gasteiger partial charge < -0.3 is 14.4 Å². The third kappa shape index (κ3) is 4.18. The van der Waals surface area contributed by atoms with Gasteiger partial charge >= 0.3 is 0 Å². The molecule has 0 spiro atoms. The number of aromatic nitrogens is 3. The Morgan fingerprint density at radius 1 is 1.14 bits per heavy atom. The third-order valence-electron chi connectivity index (χ3n) is 8.01. The van der Waals surface area contributed by atoms with E-state index in [1.165, 1.54) is 5.56 Å². The number of fused-ring (bicyclic) bond motifs is 1. The number of hydrogen-bond acceptors (Lipinski definition) is 6. The molecule has 0 aliphatic carbocycles. The predicted octanol–water partition coefficient (Wildman–Crippen LogP) is 3.09. The molecule has 3 atom stereocenters. The summed E-state index contributed by atoms with van der Waals surface area (Å²) in [6.45, 7) is 10.2. The van der Waals surface area contributed by atoms with Gasteiger partial charge in [-0.15, -0.1) is 0 Å². The highest BCUT2D eigenvalue weighted by atomic mass is 19.1. The lowest BCUT2D eigenvalue weighted by atomic mass is 9.85. The molecule has 0 amide bonds. The molecule has 0 N–H and O–H groups in total. The fraction of sp³-hybridized carbons (Fsp3) is 0.519. The Kier molecular flexibility index (Phi) is 6.35. The molecule has 0 bridgehead atoms. The molecule has 2 aromatic heterocycles. The molecule has 0 saturated carbocycles. The van der Waals surface area contributed by atoms with E-state index in [2.05, 4.69) is 53.7 Å². The first-order valence-electron chi connectivity index (χ1n) is 12.6. The van der Waals surface area contributed by atoms with Crippen molar-refractivity contribution in [1.29, 1.82) is 5.26 Å². The summed E-state index contributed by atoms with van der Waals surface area (Å²) in [4.78, 5) is 19.8. The number of benzene rings is 1. The molecule has 2 aliphatic heterocycles. The van der Waals surface area contributed by atoms with E-state index >= 15 is 0 Å². The minimum Gasteiger partial charge on any atom is -0.364 e. The first kappa shape index (κ1) is 24.5. The number of piperazine rings is 1. The minimum absolute atomic E-state index is 0.0916. The van der Waals surface area contributed by atoms with Crippen molar-refractivity contribution in [3.63, 3.8) is 0 Å². The van der Waals surface area contributed by atoms with Gasteiger partial charge in [-0.25, -0.2) is 4.39 Å². The van der Waals surface area contributed by atoms with Crippen molar-refractivity contribution in [1.82, 2.24) is 24.1 Å². The van der Waals surface area contributed by atoms with Crippen molar-refractivity contribution in [2.45, 2.75) is 51.4 Å². The molecule has 8 nitrogen and oxygen atoms in total. The van der Waals surface area contributed by atoms with Gasteiger partial charge in [-0.2, -0.15) is 10.4 Å². The molecule has 4 heterocycles. The molecule has 0 radical (unpaired) electrons. The van der Waals surface area contributed by atoms with Crippen LogP contribution in [0.1, 0.15) is 43.9 Å². The molecule has 2 aliphatic rings. The van der Waals surface area contributed by atoms with Crippen LogP contribution in [0.2, 0.25) is 0 Å². The van der Waals surface area contributed by atoms with Crippen molar-refractivity contribution >= 4 is 16.7 Å². The monoisotopic (exact) mass is 491 g/mol. The third-order valence-corrected chi connectivity index (χ3v) is 8.01. The van der Waals surface area contributed by atoms with Crippen LogP contribution in [0.25, 0.3) is 11.0 Å². The second-order valence-corrected chi connectivity index (χ2v) is 10.6. The SMILES string of the molecule is CC(c1ccc(F)cc1C1CN(C)C1)N1C[C@H](C)N(c2cc(=O)n(C)c3cn(CC#N)nc23)C[C@H]1C. The first-order chi connectivity index (χ1) is 17.2. The van der Waals surface area contributed by atoms with Gasteiger partial charge in [0.15, 0.2) is 0 Å². The lowest BCUT2D eigenvalue weighted by Gasteiger charge is -2.48. The zero-order valence-corrected chi connectivity index (χ0v) is 21.6. The average molecular weight is 492 g/mol. The smallest absolute Gasteiger partial charge is 0.252 e. The Morgan fingerprint density at radius 2 is 1.89 bits per heavy atom. The number of hydrogen-bond donors (Lipinski definition) is 0. The number of rotatable bonds is 5. The van der Waals surface area contributed by atoms with E-state index in [9.17, 15) is 9.18 Å². The van der Waals surface area contributed by atoms with Gasteiger partial charge in [0.05, 0.1) is 23.5 Å². The van der Waals surface area contributed by atoms with E-state index in [1.807, 2.05) is 6.07 Å². The Bertz CT molecular complexity index is 1380. The predicted molar refractivity (Wildman–Crippen MR) is 139 cm³/mol. The summed E-state index contributed by atoms with van der Waals surface area (Å²) in [5, 5.41) is 13.8. The number of nitriles is 1. The molecule has 2 saturated heterocycles. The van der Waals surface area contributed by atoms with Crippen LogP contribution in [-0.4, -0.2) is 69.5 Å². The lowest BCUT2D eigenvalue weighted by molar-refractivity contribution is 0.117. The number of likely N-dealkylation sites (N-methyl/N-ethyl adjacent to an activating group) is 1. The highest BCUT2D eigenvalue weighted by Gasteiger charge is 2.36. The van der Waals surface area contributed by atoms with Crippen molar-refractivity contribution in [3.8, 4) is 6.07 Å². The number of aryl methyl sites for hydroxylation is 1. The van der Waals surface area contributed by atoms with Crippen LogP contribution in [-0.2, 0) is 13.6 Å². The summed E-state index contributed by atoms with van der Waals surface area (Å²) in [6.07, 6.45) is 1.77. The summed E-state index contributed by atoms with van der Waals surface area (Å²) in [5.74, 6) is 0.196. The standard InChI is InChI=1S/C27H34FN7O/c1-17-13-35(24-11-26(36)32(5)25-16-33(9-8-29)30-27(24)25)18(2)12-34(17)19(3)22-7-6-21(28)10-23(22)20-14-31(4)15-20/h6-7,10-11,16-20H,9,12-15H2,1-5H3/t17-,18+,19?/m1/s1. The molecule has 1 aromatic carbocycles. The van der Waals surface area contributed by atoms with Crippen LogP contribution in [0, 0.1) is 17.1 Å². The second kappa shape index (κ2) is 9.34. The highest BCUT2D eigenvalue weighted by molar-refractivity contribution is 5.88. The molecule has 1 unspecified atom stereocenters. The summed E-state index contributed by atoms with van der Waals surface area (Å²) in [6, 6.07) is 9.54. The summed E-state index contributed by atoms with van der Waals surface area (Å²) < 4.78 is 17.4. The molecule has 5 rings (SSSR count). The number of halogens is 1. The number of pyridine rings is 1.